The summed E-state index contributed by atoms with van der Waals surface area (Å²) in [6.45, 7) is 7.39. The highest BCUT2D eigenvalue weighted by Crippen LogP contribution is 2.29. The number of nitrogens with zero attached hydrogens (tertiary/aromatic N) is 3. The van der Waals surface area contributed by atoms with Gasteiger partial charge in [0.2, 0.25) is 5.28 Å². The SMILES string of the molecule is Cc1ccc(S(=O)(=O)n2ccc3c(Nc4cccc(CCC(=O)OC(C)(C)C)c4)nc(Cl)nc32)cc1. The molecule has 4 aromatic rings. The summed E-state index contributed by atoms with van der Waals surface area (Å²) in [5.74, 6) is 0.105. The second kappa shape index (κ2) is 9.91. The molecular formula is C26H27ClN4O4S. The molecule has 0 unspecified atom stereocenters. The molecule has 0 bridgehead atoms. The van der Waals surface area contributed by atoms with E-state index in [9.17, 15) is 13.2 Å². The number of aromatic nitrogens is 3. The highest BCUT2D eigenvalue weighted by Gasteiger charge is 2.22. The number of hydrogen-bond acceptors (Lipinski definition) is 7. The van der Waals surface area contributed by atoms with Gasteiger partial charge in [-0.15, -0.1) is 0 Å². The zero-order chi connectivity index (χ0) is 26.1. The molecule has 0 fully saturated rings. The van der Waals surface area contributed by atoms with E-state index in [4.69, 9.17) is 16.3 Å². The van der Waals surface area contributed by atoms with Crippen LogP contribution in [0.1, 0.15) is 38.3 Å². The number of nitrogens with one attached hydrogen (secondary N) is 1. The summed E-state index contributed by atoms with van der Waals surface area (Å²) in [6, 6.07) is 15.7. The van der Waals surface area contributed by atoms with Crippen molar-refractivity contribution >= 4 is 50.1 Å². The Morgan fingerprint density at radius 3 is 2.50 bits per heavy atom. The molecule has 0 atom stereocenters. The number of esters is 1. The third-order valence-electron chi connectivity index (χ3n) is 5.29. The average Bonchev–Trinajstić information content (AvgIpc) is 3.22. The zero-order valence-electron chi connectivity index (χ0n) is 20.4. The lowest BCUT2D eigenvalue weighted by atomic mass is 10.1. The van der Waals surface area contributed by atoms with Gasteiger partial charge in [0, 0.05) is 18.3 Å². The lowest BCUT2D eigenvalue weighted by Gasteiger charge is -2.19. The molecule has 4 rings (SSSR count). The molecule has 8 nitrogen and oxygen atoms in total. The predicted octanol–water partition coefficient (Wildman–Crippen LogP) is 5.65. The monoisotopic (exact) mass is 526 g/mol. The van der Waals surface area contributed by atoms with Gasteiger partial charge in [-0.25, -0.2) is 12.4 Å². The second-order valence-electron chi connectivity index (χ2n) is 9.42. The smallest absolute Gasteiger partial charge is 0.306 e. The van der Waals surface area contributed by atoms with Gasteiger partial charge in [0.1, 0.15) is 11.4 Å². The number of carbonyl (C=O) groups excluding carboxylic acids is 1. The Morgan fingerprint density at radius 2 is 1.81 bits per heavy atom. The van der Waals surface area contributed by atoms with Crippen molar-refractivity contribution in [1.82, 2.24) is 13.9 Å². The van der Waals surface area contributed by atoms with E-state index in [0.29, 0.717) is 23.3 Å². The second-order valence-corrected chi connectivity index (χ2v) is 11.6. The summed E-state index contributed by atoms with van der Waals surface area (Å²) in [4.78, 5) is 20.7. The minimum Gasteiger partial charge on any atom is -0.460 e. The average molecular weight is 527 g/mol. The van der Waals surface area contributed by atoms with Gasteiger partial charge in [-0.05, 0) is 81.6 Å². The molecule has 0 spiro atoms. The molecule has 0 aliphatic rings. The summed E-state index contributed by atoms with van der Waals surface area (Å²) in [5.41, 5.74) is 2.24. The van der Waals surface area contributed by atoms with Crippen LogP contribution in [0.5, 0.6) is 0 Å². The van der Waals surface area contributed by atoms with E-state index in [1.165, 1.54) is 6.20 Å². The van der Waals surface area contributed by atoms with Gasteiger partial charge in [0.25, 0.3) is 10.0 Å². The van der Waals surface area contributed by atoms with Crippen LogP contribution in [0.25, 0.3) is 11.0 Å². The van der Waals surface area contributed by atoms with E-state index < -0.39 is 15.6 Å². The largest absolute Gasteiger partial charge is 0.460 e. The molecule has 2 aromatic carbocycles. The highest BCUT2D eigenvalue weighted by molar-refractivity contribution is 7.90. The molecule has 36 heavy (non-hydrogen) atoms. The van der Waals surface area contributed by atoms with Crippen molar-refractivity contribution in [3.63, 3.8) is 0 Å². The lowest BCUT2D eigenvalue weighted by Crippen LogP contribution is -2.24. The minimum absolute atomic E-state index is 0.0925. The van der Waals surface area contributed by atoms with Crippen LogP contribution in [0.3, 0.4) is 0 Å². The maximum atomic E-state index is 13.3. The lowest BCUT2D eigenvalue weighted by molar-refractivity contribution is -0.154. The molecule has 0 amide bonds. The Morgan fingerprint density at radius 1 is 1.08 bits per heavy atom. The fraction of sp³-hybridized carbons (Fsp3) is 0.269. The molecule has 0 radical (unpaired) electrons. The normalized spacial score (nSPS) is 12.0. The van der Waals surface area contributed by atoms with Gasteiger partial charge < -0.3 is 10.1 Å². The fourth-order valence-electron chi connectivity index (χ4n) is 3.66. The number of hydrogen-bond donors (Lipinski definition) is 1. The minimum atomic E-state index is -3.88. The van der Waals surface area contributed by atoms with Crippen molar-refractivity contribution in [2.75, 3.05) is 5.32 Å². The maximum Gasteiger partial charge on any atom is 0.306 e. The van der Waals surface area contributed by atoms with Gasteiger partial charge in [-0.2, -0.15) is 9.97 Å². The van der Waals surface area contributed by atoms with Gasteiger partial charge >= 0.3 is 5.97 Å². The summed E-state index contributed by atoms with van der Waals surface area (Å²) in [6.07, 6.45) is 2.20. The Hall–Kier alpha value is -3.43. The van der Waals surface area contributed by atoms with Crippen LogP contribution in [0.4, 0.5) is 11.5 Å². The number of fused-ring (bicyclic) bond motifs is 1. The van der Waals surface area contributed by atoms with E-state index >= 15 is 0 Å². The molecule has 2 heterocycles. The number of benzene rings is 2. The molecular weight excluding hydrogens is 500 g/mol. The standard InChI is InChI=1S/C26H27ClN4O4S/c1-17-8-11-20(12-9-17)36(33,34)31-15-14-21-23(29-25(27)30-24(21)31)28-19-7-5-6-18(16-19)10-13-22(32)35-26(2,3)4/h5-9,11-12,14-16H,10,13H2,1-4H3,(H,28,29,30). The molecule has 0 saturated carbocycles. The van der Waals surface area contributed by atoms with Crippen LogP contribution in [-0.4, -0.2) is 33.9 Å². The first kappa shape index (κ1) is 25.7. The Labute approximate surface area is 215 Å². The van der Waals surface area contributed by atoms with Crippen LogP contribution in [0, 0.1) is 6.92 Å². The molecule has 2 aromatic heterocycles. The first-order valence-electron chi connectivity index (χ1n) is 11.4. The predicted molar refractivity (Wildman–Crippen MR) is 140 cm³/mol. The first-order valence-corrected chi connectivity index (χ1v) is 13.2. The van der Waals surface area contributed by atoms with Gasteiger partial charge in [0.05, 0.1) is 10.3 Å². The third-order valence-corrected chi connectivity index (χ3v) is 7.14. The van der Waals surface area contributed by atoms with E-state index in [1.807, 2.05) is 52.0 Å². The molecule has 0 aliphatic heterocycles. The number of anilines is 2. The summed E-state index contributed by atoms with van der Waals surface area (Å²) < 4.78 is 33.0. The number of carbonyl (C=O) groups is 1. The van der Waals surface area contributed by atoms with E-state index in [0.717, 1.165) is 15.1 Å². The Kier molecular flexibility index (Phi) is 7.06. The number of rotatable bonds is 7. The van der Waals surface area contributed by atoms with E-state index in [2.05, 4.69) is 15.3 Å². The van der Waals surface area contributed by atoms with Gasteiger partial charge in [0.15, 0.2) is 5.65 Å². The number of aryl methyl sites for hydroxylation is 2. The summed E-state index contributed by atoms with van der Waals surface area (Å²) in [7, 11) is -3.88. The Bertz CT molecular complexity index is 1520. The van der Waals surface area contributed by atoms with E-state index in [1.54, 1.807) is 30.3 Å². The molecule has 0 aliphatic carbocycles. The van der Waals surface area contributed by atoms with Crippen molar-refractivity contribution < 1.29 is 17.9 Å². The highest BCUT2D eigenvalue weighted by atomic mass is 35.5. The van der Waals surface area contributed by atoms with Gasteiger partial charge in [-0.1, -0.05) is 29.8 Å². The summed E-state index contributed by atoms with van der Waals surface area (Å²) >= 11 is 6.18. The number of ether oxygens (including phenoxy) is 1. The Balaban J connectivity index is 1.61. The van der Waals surface area contributed by atoms with Crippen LogP contribution in [-0.2, 0) is 26.0 Å². The van der Waals surface area contributed by atoms with Crippen LogP contribution < -0.4 is 5.32 Å². The quantitative estimate of drug-likeness (QED) is 0.245. The maximum absolute atomic E-state index is 13.3. The van der Waals surface area contributed by atoms with Crippen molar-refractivity contribution in [3.8, 4) is 0 Å². The van der Waals surface area contributed by atoms with Crippen LogP contribution >= 0.6 is 11.6 Å². The van der Waals surface area contributed by atoms with E-state index in [-0.39, 0.29) is 28.2 Å². The topological polar surface area (TPSA) is 103 Å². The van der Waals surface area contributed by atoms with Crippen molar-refractivity contribution in [2.24, 2.45) is 0 Å². The van der Waals surface area contributed by atoms with Crippen LogP contribution in [0.15, 0.2) is 65.7 Å². The summed E-state index contributed by atoms with van der Waals surface area (Å²) in [5, 5.41) is 3.61. The van der Waals surface area contributed by atoms with Crippen molar-refractivity contribution in [1.29, 1.82) is 0 Å². The first-order chi connectivity index (χ1) is 16.9. The van der Waals surface area contributed by atoms with Crippen LogP contribution in [0.2, 0.25) is 5.28 Å². The molecule has 1 N–H and O–H groups in total. The van der Waals surface area contributed by atoms with Crippen molar-refractivity contribution in [2.45, 2.75) is 51.0 Å². The number of halogens is 1. The molecule has 188 valence electrons. The zero-order valence-corrected chi connectivity index (χ0v) is 22.0. The van der Waals surface area contributed by atoms with Crippen molar-refractivity contribution in [3.05, 3.63) is 77.2 Å². The third kappa shape index (κ3) is 5.85. The fourth-order valence-corrected chi connectivity index (χ4v) is 5.12. The molecule has 10 heteroatoms. The van der Waals surface area contributed by atoms with Gasteiger partial charge in [-0.3, -0.25) is 4.79 Å². The molecule has 0 saturated heterocycles.